The lowest BCUT2D eigenvalue weighted by Crippen LogP contribution is -2.38. The molecule has 4 aromatic rings. The molecule has 8 heteroatoms. The highest BCUT2D eigenvalue weighted by Gasteiger charge is 2.30. The van der Waals surface area contributed by atoms with Crippen LogP contribution in [0.3, 0.4) is 0 Å². The van der Waals surface area contributed by atoms with Crippen LogP contribution in [-0.4, -0.2) is 36.3 Å². The number of halogens is 3. The number of hydrogen-bond acceptors (Lipinski definition) is 3. The predicted molar refractivity (Wildman–Crippen MR) is 134 cm³/mol. The third-order valence-corrected chi connectivity index (χ3v) is 6.54. The van der Waals surface area contributed by atoms with Gasteiger partial charge in [-0.3, -0.25) is 9.59 Å². The van der Waals surface area contributed by atoms with Crippen molar-refractivity contribution in [3.8, 4) is 11.1 Å². The second-order valence-electron chi connectivity index (χ2n) is 9.16. The van der Waals surface area contributed by atoms with Crippen molar-refractivity contribution in [2.75, 3.05) is 19.6 Å². The molecule has 1 aliphatic heterocycles. The van der Waals surface area contributed by atoms with E-state index in [1.165, 1.54) is 6.07 Å². The third kappa shape index (κ3) is 5.53. The molecule has 0 atom stereocenters. The van der Waals surface area contributed by atoms with Gasteiger partial charge in [-0.15, -0.1) is 0 Å². The predicted octanol–water partition coefficient (Wildman–Crippen LogP) is 6.06. The zero-order valence-corrected chi connectivity index (χ0v) is 20.0. The summed E-state index contributed by atoms with van der Waals surface area (Å²) in [5.74, 6) is 0.119. The minimum Gasteiger partial charge on any atom is -0.461 e. The normalized spacial score (nSPS) is 13.8. The highest BCUT2D eigenvalue weighted by molar-refractivity contribution is 5.99. The van der Waals surface area contributed by atoms with Gasteiger partial charge in [0.05, 0.1) is 12.1 Å². The largest absolute Gasteiger partial charge is 0.461 e. The number of rotatable bonds is 6. The lowest BCUT2D eigenvalue weighted by Gasteiger charge is -2.15. The highest BCUT2D eigenvalue weighted by atomic mass is 19.4. The SMILES string of the molecule is O=C(NCC(=O)N1CCCC1)c1cccc(-c2cccc3oc(Cc4cccc(C(F)(F)F)c4)cc23)c1. The number of likely N-dealkylation sites (tertiary alicyclic amines) is 1. The molecule has 1 aromatic heterocycles. The van der Waals surface area contributed by atoms with Crippen molar-refractivity contribution in [1.29, 1.82) is 0 Å². The van der Waals surface area contributed by atoms with E-state index >= 15 is 0 Å². The number of carbonyl (C=O) groups excluding carboxylic acids is 2. The van der Waals surface area contributed by atoms with Crippen LogP contribution in [0, 0.1) is 0 Å². The second kappa shape index (κ2) is 10.1. The van der Waals surface area contributed by atoms with Gasteiger partial charge in [-0.1, -0.05) is 42.5 Å². The van der Waals surface area contributed by atoms with Gasteiger partial charge in [-0.2, -0.15) is 13.2 Å². The van der Waals surface area contributed by atoms with Crippen LogP contribution in [0.2, 0.25) is 0 Å². The van der Waals surface area contributed by atoms with E-state index in [2.05, 4.69) is 5.32 Å². The molecule has 5 rings (SSSR count). The number of fused-ring (bicyclic) bond motifs is 1. The molecule has 0 radical (unpaired) electrons. The molecule has 2 amide bonds. The van der Waals surface area contributed by atoms with Crippen LogP contribution in [-0.2, 0) is 17.4 Å². The lowest BCUT2D eigenvalue weighted by atomic mass is 9.99. The molecule has 1 fully saturated rings. The van der Waals surface area contributed by atoms with Gasteiger partial charge >= 0.3 is 6.18 Å². The fourth-order valence-electron chi connectivity index (χ4n) is 4.68. The maximum absolute atomic E-state index is 13.1. The number of nitrogens with one attached hydrogen (secondary N) is 1. The second-order valence-corrected chi connectivity index (χ2v) is 9.16. The molecule has 0 bridgehead atoms. The van der Waals surface area contributed by atoms with Crippen LogP contribution in [0.5, 0.6) is 0 Å². The summed E-state index contributed by atoms with van der Waals surface area (Å²) < 4.78 is 45.2. The Morgan fingerprint density at radius 1 is 0.919 bits per heavy atom. The zero-order chi connectivity index (χ0) is 26.0. The van der Waals surface area contributed by atoms with Crippen LogP contribution in [0.15, 0.2) is 77.2 Å². The van der Waals surface area contributed by atoms with Gasteiger partial charge < -0.3 is 14.6 Å². The first-order chi connectivity index (χ1) is 17.8. The lowest BCUT2D eigenvalue weighted by molar-refractivity contribution is -0.137. The summed E-state index contributed by atoms with van der Waals surface area (Å²) in [6, 6.07) is 19.7. The number of nitrogens with zero attached hydrogens (tertiary/aromatic N) is 1. The Hall–Kier alpha value is -4.07. The van der Waals surface area contributed by atoms with E-state index < -0.39 is 11.7 Å². The number of hydrogen-bond donors (Lipinski definition) is 1. The monoisotopic (exact) mass is 506 g/mol. The molecule has 1 aliphatic rings. The molecule has 5 nitrogen and oxygen atoms in total. The summed E-state index contributed by atoms with van der Waals surface area (Å²) in [4.78, 5) is 26.8. The fraction of sp³-hybridized carbons (Fsp3) is 0.241. The van der Waals surface area contributed by atoms with Crippen LogP contribution in [0.1, 0.15) is 40.1 Å². The number of alkyl halides is 3. The number of carbonyl (C=O) groups is 2. The minimum atomic E-state index is -4.41. The molecule has 190 valence electrons. The van der Waals surface area contributed by atoms with Crippen molar-refractivity contribution in [3.63, 3.8) is 0 Å². The summed E-state index contributed by atoms with van der Waals surface area (Å²) >= 11 is 0. The first-order valence-corrected chi connectivity index (χ1v) is 12.1. The van der Waals surface area contributed by atoms with E-state index in [1.54, 1.807) is 35.2 Å². The van der Waals surface area contributed by atoms with Crippen LogP contribution in [0.25, 0.3) is 22.1 Å². The summed E-state index contributed by atoms with van der Waals surface area (Å²) in [6.45, 7) is 1.42. The molecule has 37 heavy (non-hydrogen) atoms. The molecule has 0 aliphatic carbocycles. The maximum Gasteiger partial charge on any atom is 0.416 e. The summed E-state index contributed by atoms with van der Waals surface area (Å²) in [7, 11) is 0. The first-order valence-electron chi connectivity index (χ1n) is 12.1. The van der Waals surface area contributed by atoms with Gasteiger partial charge in [0.2, 0.25) is 5.91 Å². The summed E-state index contributed by atoms with van der Waals surface area (Å²) in [6.07, 6.45) is -2.22. The smallest absolute Gasteiger partial charge is 0.416 e. The van der Waals surface area contributed by atoms with Crippen molar-refractivity contribution in [1.82, 2.24) is 10.2 Å². The molecule has 1 N–H and O–H groups in total. The van der Waals surface area contributed by atoms with Crippen molar-refractivity contribution in [2.24, 2.45) is 0 Å². The fourth-order valence-corrected chi connectivity index (χ4v) is 4.68. The molecule has 0 unspecified atom stereocenters. The average Bonchev–Trinajstić information content (AvgIpc) is 3.57. The molecule has 2 heterocycles. The van der Waals surface area contributed by atoms with Gasteiger partial charge in [0.15, 0.2) is 0 Å². The number of furan rings is 1. The van der Waals surface area contributed by atoms with Crippen molar-refractivity contribution < 1.29 is 27.2 Å². The van der Waals surface area contributed by atoms with Crippen LogP contribution in [0.4, 0.5) is 13.2 Å². The zero-order valence-electron chi connectivity index (χ0n) is 20.0. The molecule has 0 spiro atoms. The number of amides is 2. The van der Waals surface area contributed by atoms with Crippen LogP contribution < -0.4 is 5.32 Å². The van der Waals surface area contributed by atoms with Crippen molar-refractivity contribution in [3.05, 3.63) is 95.2 Å². The van der Waals surface area contributed by atoms with Gasteiger partial charge in [0, 0.05) is 30.5 Å². The molecular weight excluding hydrogens is 481 g/mol. The standard InChI is InChI=1S/C29H25F3N2O3/c30-29(31,32)22-9-3-6-19(14-22)15-23-17-25-24(10-5-11-26(25)37-23)20-7-4-8-21(16-20)28(36)33-18-27(35)34-12-1-2-13-34/h3-11,14,16-17H,1-2,12-13,15,18H2,(H,33,36). The van der Waals surface area contributed by atoms with Gasteiger partial charge in [-0.25, -0.2) is 0 Å². The third-order valence-electron chi connectivity index (χ3n) is 6.54. The summed E-state index contributed by atoms with van der Waals surface area (Å²) in [5.41, 5.74) is 2.45. The Kier molecular flexibility index (Phi) is 6.74. The van der Waals surface area contributed by atoms with E-state index in [1.807, 2.05) is 24.3 Å². The van der Waals surface area contributed by atoms with Gasteiger partial charge in [0.1, 0.15) is 11.3 Å². The van der Waals surface area contributed by atoms with Gasteiger partial charge in [0.25, 0.3) is 5.91 Å². The van der Waals surface area contributed by atoms with E-state index in [9.17, 15) is 22.8 Å². The van der Waals surface area contributed by atoms with Crippen molar-refractivity contribution in [2.45, 2.75) is 25.4 Å². The number of benzene rings is 3. The Balaban J connectivity index is 1.36. The van der Waals surface area contributed by atoms with E-state index in [4.69, 9.17) is 4.42 Å². The van der Waals surface area contributed by atoms with Gasteiger partial charge in [-0.05, 0) is 59.9 Å². The van der Waals surface area contributed by atoms with E-state index in [0.29, 0.717) is 22.5 Å². The minimum absolute atomic E-state index is 0.0424. The molecular formula is C29H25F3N2O3. The van der Waals surface area contributed by atoms with Crippen molar-refractivity contribution >= 4 is 22.8 Å². The first kappa shape index (κ1) is 24.6. The highest BCUT2D eigenvalue weighted by Crippen LogP contribution is 2.33. The average molecular weight is 507 g/mol. The Morgan fingerprint density at radius 2 is 1.68 bits per heavy atom. The molecule has 1 saturated heterocycles. The quantitative estimate of drug-likeness (QED) is 0.346. The van der Waals surface area contributed by atoms with Crippen LogP contribution >= 0.6 is 0 Å². The maximum atomic E-state index is 13.1. The molecule has 3 aromatic carbocycles. The topological polar surface area (TPSA) is 62.6 Å². The Labute approximate surface area is 211 Å². The summed E-state index contributed by atoms with van der Waals surface area (Å²) in [5, 5.41) is 3.51. The van der Waals surface area contributed by atoms with E-state index in [0.717, 1.165) is 54.6 Å². The molecule has 0 saturated carbocycles. The Bertz CT molecular complexity index is 1450. The Morgan fingerprint density at radius 3 is 2.46 bits per heavy atom. The van der Waals surface area contributed by atoms with E-state index in [-0.39, 0.29) is 24.8 Å².